The Morgan fingerprint density at radius 2 is 2.25 bits per heavy atom. The molecule has 1 atom stereocenters. The number of nitrogens with two attached hydrogens (primary N) is 1. The molecule has 0 saturated carbocycles. The van der Waals surface area contributed by atoms with E-state index in [1.54, 1.807) is 0 Å². The van der Waals surface area contributed by atoms with Crippen LogP contribution in [0.4, 0.5) is 0 Å². The molecule has 12 heavy (non-hydrogen) atoms. The Morgan fingerprint density at radius 1 is 1.67 bits per heavy atom. The molecule has 1 aliphatic rings. The second-order valence-corrected chi connectivity index (χ2v) is 4.59. The van der Waals surface area contributed by atoms with Gasteiger partial charge in [-0.1, -0.05) is 13.8 Å². The molecule has 1 rings (SSSR count). The molecule has 70 valence electrons. The normalized spacial score (nSPS) is 24.7. The molecule has 1 saturated heterocycles. The van der Waals surface area contributed by atoms with Gasteiger partial charge in [0.25, 0.3) is 0 Å². The van der Waals surface area contributed by atoms with Gasteiger partial charge in [-0.2, -0.15) is 0 Å². The smallest absolute Gasteiger partial charge is 0.223 e. The molecule has 2 N–H and O–H groups in total. The summed E-state index contributed by atoms with van der Waals surface area (Å²) in [7, 11) is 0. The van der Waals surface area contributed by atoms with Crippen LogP contribution in [-0.2, 0) is 4.79 Å². The number of hydrogen-bond acceptors (Lipinski definition) is 2. The first-order valence-electron chi connectivity index (χ1n) is 4.44. The summed E-state index contributed by atoms with van der Waals surface area (Å²) in [6.07, 6.45) is 0.666. The molecular formula is C9H18N2O. The van der Waals surface area contributed by atoms with E-state index in [9.17, 15) is 4.79 Å². The Labute approximate surface area is 73.9 Å². The van der Waals surface area contributed by atoms with Crippen molar-refractivity contribution in [2.75, 3.05) is 13.1 Å². The van der Waals surface area contributed by atoms with Crippen molar-refractivity contribution in [1.29, 1.82) is 0 Å². The first-order chi connectivity index (χ1) is 5.41. The molecule has 0 radical (unpaired) electrons. The van der Waals surface area contributed by atoms with Crippen molar-refractivity contribution in [3.05, 3.63) is 0 Å². The molecule has 1 amide bonds. The van der Waals surface area contributed by atoms with E-state index in [4.69, 9.17) is 5.73 Å². The van der Waals surface area contributed by atoms with Crippen molar-refractivity contribution in [2.24, 2.45) is 11.1 Å². The number of likely N-dealkylation sites (tertiary alicyclic amines) is 1. The van der Waals surface area contributed by atoms with E-state index < -0.39 is 0 Å². The monoisotopic (exact) mass is 170 g/mol. The second-order valence-electron chi connectivity index (χ2n) is 4.59. The summed E-state index contributed by atoms with van der Waals surface area (Å²) < 4.78 is 0. The molecule has 1 aliphatic heterocycles. The number of amides is 1. The predicted molar refractivity (Wildman–Crippen MR) is 48.6 cm³/mol. The largest absolute Gasteiger partial charge is 0.341 e. The van der Waals surface area contributed by atoms with Crippen LogP contribution >= 0.6 is 0 Å². The van der Waals surface area contributed by atoms with Gasteiger partial charge in [0, 0.05) is 25.6 Å². The van der Waals surface area contributed by atoms with Gasteiger partial charge in [0.05, 0.1) is 0 Å². The van der Waals surface area contributed by atoms with Crippen molar-refractivity contribution in [3.63, 3.8) is 0 Å². The first-order valence-corrected chi connectivity index (χ1v) is 4.44. The number of rotatable bonds is 2. The lowest BCUT2D eigenvalue weighted by atomic mass is 9.93. The highest BCUT2D eigenvalue weighted by atomic mass is 16.2. The van der Waals surface area contributed by atoms with E-state index in [0.717, 1.165) is 6.54 Å². The topological polar surface area (TPSA) is 46.3 Å². The predicted octanol–water partition coefficient (Wildman–Crippen LogP) is 0.592. The molecule has 0 aromatic carbocycles. The van der Waals surface area contributed by atoms with Gasteiger partial charge in [-0.3, -0.25) is 4.79 Å². The summed E-state index contributed by atoms with van der Waals surface area (Å²) in [5.74, 6) is 0.248. The van der Waals surface area contributed by atoms with Gasteiger partial charge < -0.3 is 10.6 Å². The van der Waals surface area contributed by atoms with Crippen molar-refractivity contribution in [3.8, 4) is 0 Å². The van der Waals surface area contributed by atoms with E-state index >= 15 is 0 Å². The number of hydrogen-bond donors (Lipinski definition) is 1. The maximum atomic E-state index is 11.4. The van der Waals surface area contributed by atoms with E-state index in [-0.39, 0.29) is 17.4 Å². The highest BCUT2D eigenvalue weighted by Gasteiger charge is 2.35. The minimum atomic E-state index is 0.0860. The third-order valence-electron chi connectivity index (χ3n) is 2.11. The Kier molecular flexibility index (Phi) is 2.42. The van der Waals surface area contributed by atoms with E-state index in [0.29, 0.717) is 13.0 Å². The van der Waals surface area contributed by atoms with Gasteiger partial charge >= 0.3 is 0 Å². The van der Waals surface area contributed by atoms with Crippen LogP contribution in [0.5, 0.6) is 0 Å². The van der Waals surface area contributed by atoms with Crippen LogP contribution in [0.15, 0.2) is 0 Å². The Balaban J connectivity index is 2.53. The van der Waals surface area contributed by atoms with Gasteiger partial charge in [0.2, 0.25) is 5.91 Å². The van der Waals surface area contributed by atoms with Crippen LogP contribution in [0.3, 0.4) is 0 Å². The summed E-state index contributed by atoms with van der Waals surface area (Å²) >= 11 is 0. The molecule has 0 aromatic rings. The quantitative estimate of drug-likeness (QED) is 0.659. The Morgan fingerprint density at radius 3 is 2.58 bits per heavy atom. The van der Waals surface area contributed by atoms with Crippen molar-refractivity contribution < 1.29 is 4.79 Å². The molecule has 1 unspecified atom stereocenters. The molecule has 1 fully saturated rings. The fraction of sp³-hybridized carbons (Fsp3) is 0.889. The zero-order valence-corrected chi connectivity index (χ0v) is 8.13. The van der Waals surface area contributed by atoms with Gasteiger partial charge in [0.1, 0.15) is 0 Å². The summed E-state index contributed by atoms with van der Waals surface area (Å²) in [4.78, 5) is 13.3. The minimum Gasteiger partial charge on any atom is -0.341 e. The van der Waals surface area contributed by atoms with Crippen molar-refractivity contribution >= 4 is 5.91 Å². The summed E-state index contributed by atoms with van der Waals surface area (Å²) in [6, 6.07) is 0.0860. The van der Waals surface area contributed by atoms with Crippen LogP contribution in [0, 0.1) is 5.41 Å². The van der Waals surface area contributed by atoms with Gasteiger partial charge in [0.15, 0.2) is 0 Å². The number of carbonyl (C=O) groups is 1. The Bertz CT molecular complexity index is 187. The average molecular weight is 170 g/mol. The maximum Gasteiger partial charge on any atom is 0.223 e. The van der Waals surface area contributed by atoms with Gasteiger partial charge in [-0.25, -0.2) is 0 Å². The van der Waals surface area contributed by atoms with Crippen LogP contribution in [0.1, 0.15) is 27.2 Å². The molecule has 1 heterocycles. The first kappa shape index (κ1) is 9.52. The molecule has 0 aromatic heterocycles. The molecular weight excluding hydrogens is 152 g/mol. The van der Waals surface area contributed by atoms with E-state index in [2.05, 4.69) is 13.8 Å². The summed E-state index contributed by atoms with van der Waals surface area (Å²) in [5.41, 5.74) is 5.77. The highest BCUT2D eigenvalue weighted by Crippen LogP contribution is 2.29. The SMILES string of the molecule is CC(N)CN1CC(C)(C)CC1=O. The van der Waals surface area contributed by atoms with E-state index in [1.165, 1.54) is 0 Å². The standard InChI is InChI=1S/C9H18N2O/c1-7(10)5-11-6-9(2,3)4-8(11)12/h7H,4-6,10H2,1-3H3. The fourth-order valence-electron chi connectivity index (χ4n) is 1.70. The zero-order chi connectivity index (χ0) is 9.35. The molecule has 3 heteroatoms. The van der Waals surface area contributed by atoms with E-state index in [1.807, 2.05) is 11.8 Å². The lowest BCUT2D eigenvalue weighted by Gasteiger charge is -2.21. The minimum absolute atomic E-state index is 0.0860. The van der Waals surface area contributed by atoms with Crippen LogP contribution in [0.2, 0.25) is 0 Å². The lowest BCUT2D eigenvalue weighted by molar-refractivity contribution is -0.127. The molecule has 0 spiro atoms. The van der Waals surface area contributed by atoms with Gasteiger partial charge in [-0.15, -0.1) is 0 Å². The summed E-state index contributed by atoms with van der Waals surface area (Å²) in [5, 5.41) is 0. The molecule has 3 nitrogen and oxygen atoms in total. The lowest BCUT2D eigenvalue weighted by Crippen LogP contribution is -2.37. The third kappa shape index (κ3) is 2.21. The van der Waals surface area contributed by atoms with Crippen LogP contribution in [-0.4, -0.2) is 29.9 Å². The maximum absolute atomic E-state index is 11.4. The average Bonchev–Trinajstić information content (AvgIpc) is 2.03. The van der Waals surface area contributed by atoms with Crippen LogP contribution < -0.4 is 5.73 Å². The summed E-state index contributed by atoms with van der Waals surface area (Å²) in [6.45, 7) is 7.71. The van der Waals surface area contributed by atoms with Crippen molar-refractivity contribution in [1.82, 2.24) is 4.90 Å². The molecule has 0 bridgehead atoms. The fourth-order valence-corrected chi connectivity index (χ4v) is 1.70. The third-order valence-corrected chi connectivity index (χ3v) is 2.11. The zero-order valence-electron chi connectivity index (χ0n) is 8.13. The number of nitrogens with zero attached hydrogens (tertiary/aromatic N) is 1. The van der Waals surface area contributed by atoms with Crippen LogP contribution in [0.25, 0.3) is 0 Å². The highest BCUT2D eigenvalue weighted by molar-refractivity contribution is 5.79. The van der Waals surface area contributed by atoms with Gasteiger partial charge in [-0.05, 0) is 12.3 Å². The number of carbonyl (C=O) groups excluding carboxylic acids is 1. The second kappa shape index (κ2) is 3.05. The molecule has 0 aliphatic carbocycles. The Hall–Kier alpha value is -0.570. The van der Waals surface area contributed by atoms with Crippen molar-refractivity contribution in [2.45, 2.75) is 33.2 Å².